The second-order valence-corrected chi connectivity index (χ2v) is 5.30. The van der Waals surface area contributed by atoms with Crippen LogP contribution in [0.5, 0.6) is 0 Å². The maximum atomic E-state index is 12.7. The molecule has 21 heavy (non-hydrogen) atoms. The van der Waals surface area contributed by atoms with Crippen molar-refractivity contribution < 1.29 is 4.79 Å². The van der Waals surface area contributed by atoms with Crippen LogP contribution in [0.4, 0.5) is 0 Å². The Morgan fingerprint density at radius 2 is 2.00 bits per heavy atom. The van der Waals surface area contributed by atoms with E-state index in [4.69, 9.17) is 5.26 Å². The fraction of sp³-hybridized carbons (Fsp3) is 0.222. The van der Waals surface area contributed by atoms with E-state index in [-0.39, 0.29) is 5.91 Å². The van der Waals surface area contributed by atoms with Crippen molar-refractivity contribution in [3.05, 3.63) is 70.8 Å². The highest BCUT2D eigenvalue weighted by Crippen LogP contribution is 2.20. The van der Waals surface area contributed by atoms with Gasteiger partial charge in [0.1, 0.15) is 0 Å². The Labute approximate surface area is 124 Å². The van der Waals surface area contributed by atoms with Gasteiger partial charge in [-0.3, -0.25) is 4.79 Å². The average Bonchev–Trinajstić information content (AvgIpc) is 2.68. The van der Waals surface area contributed by atoms with Gasteiger partial charge in [0.05, 0.1) is 11.6 Å². The largest absolute Gasteiger partial charge is 0.334 e. The minimum Gasteiger partial charge on any atom is -0.334 e. The van der Waals surface area contributed by atoms with Gasteiger partial charge >= 0.3 is 0 Å². The van der Waals surface area contributed by atoms with E-state index in [1.54, 1.807) is 6.07 Å². The van der Waals surface area contributed by atoms with Crippen LogP contribution in [-0.4, -0.2) is 17.4 Å². The first-order valence-electron chi connectivity index (χ1n) is 7.14. The standard InChI is InChI=1S/C18H16N2O/c19-12-14-5-3-6-15(11-14)13-20-10-4-8-16-7-1-2-9-17(16)18(20)21/h1-3,5-7,9,11H,4,8,10,13H2. The SMILES string of the molecule is N#Cc1cccc(CN2CCCc3ccccc3C2=O)c1. The van der Waals surface area contributed by atoms with Gasteiger partial charge in [0.25, 0.3) is 5.91 Å². The quantitative estimate of drug-likeness (QED) is 0.845. The molecule has 3 heteroatoms. The summed E-state index contributed by atoms with van der Waals surface area (Å²) in [4.78, 5) is 14.5. The van der Waals surface area contributed by atoms with Crippen LogP contribution >= 0.6 is 0 Å². The number of amides is 1. The van der Waals surface area contributed by atoms with Crippen molar-refractivity contribution in [2.75, 3.05) is 6.54 Å². The van der Waals surface area contributed by atoms with Gasteiger partial charge in [0.15, 0.2) is 0 Å². The summed E-state index contributed by atoms with van der Waals surface area (Å²) >= 11 is 0. The molecular weight excluding hydrogens is 260 g/mol. The molecule has 0 saturated heterocycles. The second-order valence-electron chi connectivity index (χ2n) is 5.30. The Kier molecular flexibility index (Phi) is 3.70. The first-order chi connectivity index (χ1) is 10.3. The molecule has 1 aliphatic rings. The Morgan fingerprint density at radius 1 is 1.14 bits per heavy atom. The summed E-state index contributed by atoms with van der Waals surface area (Å²) in [5.41, 5.74) is 3.58. The highest BCUT2D eigenvalue weighted by atomic mass is 16.2. The number of hydrogen-bond acceptors (Lipinski definition) is 2. The average molecular weight is 276 g/mol. The molecule has 0 unspecified atom stereocenters. The van der Waals surface area contributed by atoms with Crippen LogP contribution in [0, 0.1) is 11.3 Å². The minimum absolute atomic E-state index is 0.0884. The highest BCUT2D eigenvalue weighted by molar-refractivity contribution is 5.96. The number of nitriles is 1. The van der Waals surface area contributed by atoms with Gasteiger partial charge in [0.2, 0.25) is 0 Å². The Hall–Kier alpha value is -2.60. The molecule has 0 saturated carbocycles. The Balaban J connectivity index is 1.86. The van der Waals surface area contributed by atoms with Crippen molar-refractivity contribution in [1.29, 1.82) is 5.26 Å². The lowest BCUT2D eigenvalue weighted by molar-refractivity contribution is 0.0749. The number of aryl methyl sites for hydroxylation is 1. The van der Waals surface area contributed by atoms with Crippen molar-refractivity contribution in [3.8, 4) is 6.07 Å². The van der Waals surface area contributed by atoms with Crippen molar-refractivity contribution in [1.82, 2.24) is 4.90 Å². The molecule has 104 valence electrons. The zero-order valence-corrected chi connectivity index (χ0v) is 11.7. The maximum Gasteiger partial charge on any atom is 0.254 e. The molecule has 0 N–H and O–H groups in total. The summed E-state index contributed by atoms with van der Waals surface area (Å²) in [7, 11) is 0. The van der Waals surface area contributed by atoms with E-state index in [1.165, 1.54) is 0 Å². The molecule has 2 aromatic carbocycles. The highest BCUT2D eigenvalue weighted by Gasteiger charge is 2.21. The summed E-state index contributed by atoms with van der Waals surface area (Å²) in [5.74, 6) is 0.0884. The number of carbonyl (C=O) groups is 1. The van der Waals surface area contributed by atoms with Crippen molar-refractivity contribution in [3.63, 3.8) is 0 Å². The normalized spacial score (nSPS) is 14.2. The number of fused-ring (bicyclic) bond motifs is 1. The van der Waals surface area contributed by atoms with Gasteiger partial charge in [-0.15, -0.1) is 0 Å². The third-order valence-corrected chi connectivity index (χ3v) is 3.84. The Bertz CT molecular complexity index is 715. The monoisotopic (exact) mass is 276 g/mol. The van der Waals surface area contributed by atoms with Gasteiger partial charge in [-0.05, 0) is 42.2 Å². The van der Waals surface area contributed by atoms with E-state index in [0.717, 1.165) is 36.1 Å². The van der Waals surface area contributed by atoms with Gasteiger partial charge in [-0.2, -0.15) is 5.26 Å². The van der Waals surface area contributed by atoms with E-state index in [0.29, 0.717) is 12.1 Å². The van der Waals surface area contributed by atoms with Crippen LogP contribution in [0.2, 0.25) is 0 Å². The number of hydrogen-bond donors (Lipinski definition) is 0. The van der Waals surface area contributed by atoms with E-state index >= 15 is 0 Å². The van der Waals surface area contributed by atoms with Crippen molar-refractivity contribution >= 4 is 5.91 Å². The lowest BCUT2D eigenvalue weighted by atomic mass is 10.0. The number of benzene rings is 2. The minimum atomic E-state index is 0.0884. The topological polar surface area (TPSA) is 44.1 Å². The Morgan fingerprint density at radius 3 is 2.86 bits per heavy atom. The number of carbonyl (C=O) groups excluding carboxylic acids is 1. The fourth-order valence-corrected chi connectivity index (χ4v) is 2.79. The van der Waals surface area contributed by atoms with E-state index in [1.807, 2.05) is 47.4 Å². The maximum absolute atomic E-state index is 12.7. The summed E-state index contributed by atoms with van der Waals surface area (Å²) in [6.07, 6.45) is 1.91. The van der Waals surface area contributed by atoms with E-state index in [2.05, 4.69) is 6.07 Å². The molecule has 0 spiro atoms. The van der Waals surface area contributed by atoms with Gasteiger partial charge in [-0.25, -0.2) is 0 Å². The van der Waals surface area contributed by atoms with Crippen LogP contribution in [-0.2, 0) is 13.0 Å². The lowest BCUT2D eigenvalue weighted by Gasteiger charge is -2.21. The van der Waals surface area contributed by atoms with Gasteiger partial charge in [-0.1, -0.05) is 30.3 Å². The molecule has 2 aromatic rings. The molecular formula is C18H16N2O. The van der Waals surface area contributed by atoms with Crippen LogP contribution in [0.25, 0.3) is 0 Å². The molecule has 0 radical (unpaired) electrons. The third kappa shape index (κ3) is 2.80. The number of rotatable bonds is 2. The zero-order chi connectivity index (χ0) is 14.7. The van der Waals surface area contributed by atoms with Crippen LogP contribution in [0.15, 0.2) is 48.5 Å². The fourth-order valence-electron chi connectivity index (χ4n) is 2.79. The molecule has 3 nitrogen and oxygen atoms in total. The second kappa shape index (κ2) is 5.80. The lowest BCUT2D eigenvalue weighted by Crippen LogP contribution is -2.30. The smallest absolute Gasteiger partial charge is 0.254 e. The van der Waals surface area contributed by atoms with E-state index < -0.39 is 0 Å². The number of nitrogens with zero attached hydrogens (tertiary/aromatic N) is 2. The third-order valence-electron chi connectivity index (χ3n) is 3.84. The van der Waals surface area contributed by atoms with Crippen LogP contribution in [0.3, 0.4) is 0 Å². The summed E-state index contributed by atoms with van der Waals surface area (Å²) in [6, 6.07) is 17.4. The summed E-state index contributed by atoms with van der Waals surface area (Å²) < 4.78 is 0. The zero-order valence-electron chi connectivity index (χ0n) is 11.7. The van der Waals surface area contributed by atoms with Crippen molar-refractivity contribution in [2.24, 2.45) is 0 Å². The predicted molar refractivity (Wildman–Crippen MR) is 80.7 cm³/mol. The molecule has 0 aliphatic carbocycles. The van der Waals surface area contributed by atoms with Gasteiger partial charge < -0.3 is 4.90 Å². The molecule has 0 bridgehead atoms. The first kappa shape index (κ1) is 13.4. The van der Waals surface area contributed by atoms with Crippen LogP contribution < -0.4 is 0 Å². The predicted octanol–water partition coefficient (Wildman–Crippen LogP) is 3.15. The molecule has 0 aromatic heterocycles. The molecule has 1 heterocycles. The molecule has 0 atom stereocenters. The molecule has 1 amide bonds. The summed E-state index contributed by atoms with van der Waals surface area (Å²) in [6.45, 7) is 1.31. The van der Waals surface area contributed by atoms with Crippen molar-refractivity contribution in [2.45, 2.75) is 19.4 Å². The molecule has 3 rings (SSSR count). The first-order valence-corrected chi connectivity index (χ1v) is 7.14. The van der Waals surface area contributed by atoms with Gasteiger partial charge in [0, 0.05) is 18.7 Å². The van der Waals surface area contributed by atoms with E-state index in [9.17, 15) is 4.79 Å². The van der Waals surface area contributed by atoms with Crippen LogP contribution in [0.1, 0.15) is 33.5 Å². The molecule has 1 aliphatic heterocycles. The molecule has 0 fully saturated rings. The summed E-state index contributed by atoms with van der Waals surface area (Å²) in [5, 5.41) is 8.96.